The van der Waals surface area contributed by atoms with Crippen molar-refractivity contribution in [3.8, 4) is 0 Å². The maximum absolute atomic E-state index is 2.97. The van der Waals surface area contributed by atoms with Crippen molar-refractivity contribution >= 4 is 0 Å². The molecular weight excluding hydrogens is 506 g/mol. The van der Waals surface area contributed by atoms with E-state index < -0.39 is 0 Å². The van der Waals surface area contributed by atoms with E-state index in [4.69, 9.17) is 0 Å². The Morgan fingerprint density at radius 2 is 0.500 bits per heavy atom. The molecule has 0 heterocycles. The summed E-state index contributed by atoms with van der Waals surface area (Å²) in [6, 6.07) is 0. The minimum absolute atomic E-state index is 0.310. The second kappa shape index (κ2) is 29.7. The minimum Gasteiger partial charge on any atom is -0.293 e. The summed E-state index contributed by atoms with van der Waals surface area (Å²) in [6.45, 7) is 18.5. The molecule has 0 aliphatic carbocycles. The van der Waals surface area contributed by atoms with Crippen molar-refractivity contribution in [2.75, 3.05) is 6.54 Å². The molecular formula is C41H85N. The Hall–Kier alpha value is -0.0400. The molecule has 0 spiro atoms. The standard InChI is InChI=1S/C41H85N/c1-8-11-14-17-20-21-22-23-24-25-26-27-30-33-36-39-42(40(4,5)37-34-31-28-18-15-12-9-2)41(6,7)38-35-32-29-19-16-13-10-3/h8-39H2,1-7H3. The Morgan fingerprint density at radius 1 is 0.286 bits per heavy atom. The van der Waals surface area contributed by atoms with Gasteiger partial charge >= 0.3 is 0 Å². The monoisotopic (exact) mass is 592 g/mol. The minimum atomic E-state index is 0.310. The zero-order chi connectivity index (χ0) is 31.2. The molecule has 1 nitrogen and oxygen atoms in total. The van der Waals surface area contributed by atoms with E-state index in [1.165, 1.54) is 206 Å². The summed E-state index contributed by atoms with van der Waals surface area (Å²) >= 11 is 0. The van der Waals surface area contributed by atoms with E-state index in [0.29, 0.717) is 11.1 Å². The van der Waals surface area contributed by atoms with Crippen LogP contribution in [0.2, 0.25) is 0 Å². The van der Waals surface area contributed by atoms with Gasteiger partial charge in [0.15, 0.2) is 0 Å². The van der Waals surface area contributed by atoms with Crippen LogP contribution >= 0.6 is 0 Å². The molecule has 0 aromatic rings. The molecule has 0 aliphatic heterocycles. The van der Waals surface area contributed by atoms with Crippen molar-refractivity contribution in [1.82, 2.24) is 4.90 Å². The van der Waals surface area contributed by atoms with Gasteiger partial charge in [0.25, 0.3) is 0 Å². The number of nitrogens with zero attached hydrogens (tertiary/aromatic N) is 1. The smallest absolute Gasteiger partial charge is 0.0158 e. The number of unbranched alkanes of at least 4 members (excludes halogenated alkanes) is 26. The third-order valence-corrected chi connectivity index (χ3v) is 10.2. The summed E-state index contributed by atoms with van der Waals surface area (Å²) in [5.74, 6) is 0. The SMILES string of the molecule is CCCCCCCCCCCCCCCCCN(C(C)(C)CCCCCCCCC)C(C)(C)CCCCCCCCC. The second-order valence-corrected chi connectivity index (χ2v) is 15.5. The topological polar surface area (TPSA) is 3.24 Å². The van der Waals surface area contributed by atoms with E-state index in [1.54, 1.807) is 0 Å². The first kappa shape index (κ1) is 42.0. The molecule has 0 aromatic heterocycles. The first-order valence-corrected chi connectivity index (χ1v) is 20.1. The van der Waals surface area contributed by atoms with Gasteiger partial charge in [-0.25, -0.2) is 0 Å². The Kier molecular flexibility index (Phi) is 29.6. The average molecular weight is 592 g/mol. The van der Waals surface area contributed by atoms with Crippen LogP contribution in [0.3, 0.4) is 0 Å². The summed E-state index contributed by atoms with van der Waals surface area (Å²) < 4.78 is 0. The Labute approximate surface area is 269 Å². The third-order valence-electron chi connectivity index (χ3n) is 10.2. The lowest BCUT2D eigenvalue weighted by Crippen LogP contribution is -2.55. The fourth-order valence-electron chi connectivity index (χ4n) is 7.37. The zero-order valence-corrected chi connectivity index (χ0v) is 31.1. The first-order chi connectivity index (χ1) is 20.3. The Balaban J connectivity index is 4.42. The molecule has 254 valence electrons. The van der Waals surface area contributed by atoms with Crippen LogP contribution in [-0.2, 0) is 0 Å². The molecule has 0 saturated heterocycles. The van der Waals surface area contributed by atoms with Crippen molar-refractivity contribution in [3.05, 3.63) is 0 Å². The maximum Gasteiger partial charge on any atom is 0.0158 e. The van der Waals surface area contributed by atoms with Gasteiger partial charge in [-0.15, -0.1) is 0 Å². The maximum atomic E-state index is 2.97. The molecule has 0 saturated carbocycles. The van der Waals surface area contributed by atoms with Crippen LogP contribution in [0.5, 0.6) is 0 Å². The van der Waals surface area contributed by atoms with Crippen molar-refractivity contribution in [1.29, 1.82) is 0 Å². The van der Waals surface area contributed by atoms with Crippen LogP contribution in [0.1, 0.15) is 248 Å². The summed E-state index contributed by atoms with van der Waals surface area (Å²) in [5, 5.41) is 0. The lowest BCUT2D eigenvalue weighted by molar-refractivity contribution is 0.00151. The lowest BCUT2D eigenvalue weighted by atomic mass is 9.85. The number of rotatable bonds is 34. The van der Waals surface area contributed by atoms with Crippen molar-refractivity contribution in [2.45, 2.75) is 259 Å². The highest BCUT2D eigenvalue weighted by Gasteiger charge is 2.36. The van der Waals surface area contributed by atoms with Crippen LogP contribution in [0, 0.1) is 0 Å². The van der Waals surface area contributed by atoms with Gasteiger partial charge < -0.3 is 0 Å². The Bertz CT molecular complexity index is 491. The van der Waals surface area contributed by atoms with Gasteiger partial charge in [0.05, 0.1) is 0 Å². The molecule has 0 bridgehead atoms. The second-order valence-electron chi connectivity index (χ2n) is 15.5. The third kappa shape index (κ3) is 25.3. The van der Waals surface area contributed by atoms with Crippen LogP contribution in [0.15, 0.2) is 0 Å². The molecule has 0 amide bonds. The predicted octanol–water partition coefficient (Wildman–Crippen LogP) is 15.0. The van der Waals surface area contributed by atoms with Gasteiger partial charge in [0.2, 0.25) is 0 Å². The largest absolute Gasteiger partial charge is 0.293 e. The summed E-state index contributed by atoms with van der Waals surface area (Å²) in [4.78, 5) is 2.97. The highest BCUT2D eigenvalue weighted by atomic mass is 15.2. The van der Waals surface area contributed by atoms with Gasteiger partial charge in [0, 0.05) is 11.1 Å². The number of hydrogen-bond donors (Lipinski definition) is 0. The van der Waals surface area contributed by atoms with E-state index in [0.717, 1.165) is 0 Å². The van der Waals surface area contributed by atoms with E-state index in [-0.39, 0.29) is 0 Å². The van der Waals surface area contributed by atoms with Gasteiger partial charge in [-0.3, -0.25) is 4.90 Å². The highest BCUT2D eigenvalue weighted by molar-refractivity contribution is 4.92. The molecule has 0 radical (unpaired) electrons. The first-order valence-electron chi connectivity index (χ1n) is 20.1. The summed E-state index contributed by atoms with van der Waals surface area (Å²) in [5.41, 5.74) is 0.619. The molecule has 42 heavy (non-hydrogen) atoms. The average Bonchev–Trinajstić information content (AvgIpc) is 2.95. The molecule has 0 aliphatic rings. The zero-order valence-electron chi connectivity index (χ0n) is 31.1. The fraction of sp³-hybridized carbons (Fsp3) is 1.00. The van der Waals surface area contributed by atoms with E-state index in [9.17, 15) is 0 Å². The fourth-order valence-corrected chi connectivity index (χ4v) is 7.37. The molecule has 0 aromatic carbocycles. The van der Waals surface area contributed by atoms with Crippen LogP contribution in [0.25, 0.3) is 0 Å². The van der Waals surface area contributed by atoms with Crippen LogP contribution in [-0.4, -0.2) is 22.5 Å². The molecule has 0 rings (SSSR count). The van der Waals surface area contributed by atoms with E-state index in [1.807, 2.05) is 0 Å². The van der Waals surface area contributed by atoms with Crippen molar-refractivity contribution in [3.63, 3.8) is 0 Å². The molecule has 1 heteroatoms. The van der Waals surface area contributed by atoms with Crippen molar-refractivity contribution < 1.29 is 0 Å². The lowest BCUT2D eigenvalue weighted by Gasteiger charge is -2.49. The van der Waals surface area contributed by atoms with Gasteiger partial charge in [0.1, 0.15) is 0 Å². The van der Waals surface area contributed by atoms with Gasteiger partial charge in [-0.1, -0.05) is 201 Å². The van der Waals surface area contributed by atoms with E-state index in [2.05, 4.69) is 53.4 Å². The summed E-state index contributed by atoms with van der Waals surface area (Å²) in [7, 11) is 0. The van der Waals surface area contributed by atoms with Crippen LogP contribution in [0.4, 0.5) is 0 Å². The highest BCUT2D eigenvalue weighted by Crippen LogP contribution is 2.34. The molecule has 0 unspecified atom stereocenters. The van der Waals surface area contributed by atoms with Gasteiger partial charge in [-0.2, -0.15) is 0 Å². The summed E-state index contributed by atoms with van der Waals surface area (Å²) in [6.07, 6.45) is 44.4. The Morgan fingerprint density at radius 3 is 0.762 bits per heavy atom. The molecule has 0 N–H and O–H groups in total. The normalized spacial score (nSPS) is 12.6. The molecule has 0 atom stereocenters. The van der Waals surface area contributed by atoms with E-state index >= 15 is 0 Å². The number of hydrogen-bond acceptors (Lipinski definition) is 1. The quantitative estimate of drug-likeness (QED) is 0.0673. The molecule has 0 fully saturated rings. The van der Waals surface area contributed by atoms with Crippen LogP contribution < -0.4 is 0 Å². The predicted molar refractivity (Wildman–Crippen MR) is 195 cm³/mol. The van der Waals surface area contributed by atoms with Crippen molar-refractivity contribution in [2.24, 2.45) is 0 Å². The van der Waals surface area contributed by atoms with Gasteiger partial charge in [-0.05, 0) is 53.5 Å².